The second-order valence-electron chi connectivity index (χ2n) is 5.74. The number of nitrogen functional groups attached to an aromatic ring is 1. The molecule has 0 bridgehead atoms. The van der Waals surface area contributed by atoms with E-state index in [2.05, 4.69) is 4.90 Å². The molecule has 1 saturated heterocycles. The van der Waals surface area contributed by atoms with Gasteiger partial charge in [0, 0.05) is 29.8 Å². The van der Waals surface area contributed by atoms with Crippen molar-refractivity contribution in [2.45, 2.75) is 30.7 Å². The van der Waals surface area contributed by atoms with Crippen molar-refractivity contribution in [3.05, 3.63) is 22.7 Å². The maximum Gasteiger partial charge on any atom is 0.243 e. The highest BCUT2D eigenvalue weighted by molar-refractivity contribution is 7.89. The molecular formula is C14H22ClN3O2S. The lowest BCUT2D eigenvalue weighted by molar-refractivity contribution is 0.190. The van der Waals surface area contributed by atoms with E-state index in [0.29, 0.717) is 29.4 Å². The summed E-state index contributed by atoms with van der Waals surface area (Å²) < 4.78 is 27.3. The molecule has 1 heterocycles. The van der Waals surface area contributed by atoms with Crippen molar-refractivity contribution in [1.29, 1.82) is 0 Å². The average molecular weight is 332 g/mol. The Kier molecular flexibility index (Phi) is 4.82. The molecule has 2 rings (SSSR count). The van der Waals surface area contributed by atoms with E-state index < -0.39 is 10.0 Å². The maximum atomic E-state index is 12.9. The summed E-state index contributed by atoms with van der Waals surface area (Å²) in [4.78, 5) is 2.29. The first kappa shape index (κ1) is 16.5. The number of sulfonamides is 1. The number of benzene rings is 1. The molecule has 0 saturated carbocycles. The van der Waals surface area contributed by atoms with Crippen LogP contribution < -0.4 is 5.73 Å². The number of nitrogens with zero attached hydrogens (tertiary/aromatic N) is 2. The molecule has 1 aliphatic heterocycles. The summed E-state index contributed by atoms with van der Waals surface area (Å²) in [5, 5.41) is 0.345. The summed E-state index contributed by atoms with van der Waals surface area (Å²) >= 11 is 5.98. The fourth-order valence-corrected chi connectivity index (χ4v) is 4.73. The first-order valence-electron chi connectivity index (χ1n) is 6.95. The number of halogens is 1. The summed E-state index contributed by atoms with van der Waals surface area (Å²) in [6.07, 6.45) is 1.87. The quantitative estimate of drug-likeness (QED) is 0.860. The number of hydrogen-bond donors (Lipinski definition) is 1. The maximum absolute atomic E-state index is 12.9. The molecule has 0 amide bonds. The van der Waals surface area contributed by atoms with Gasteiger partial charge in [0.05, 0.1) is 4.90 Å². The molecule has 21 heavy (non-hydrogen) atoms. The van der Waals surface area contributed by atoms with Crippen molar-refractivity contribution in [3.63, 3.8) is 0 Å². The van der Waals surface area contributed by atoms with Gasteiger partial charge >= 0.3 is 0 Å². The highest BCUT2D eigenvalue weighted by Crippen LogP contribution is 2.30. The molecule has 0 spiro atoms. The van der Waals surface area contributed by atoms with Gasteiger partial charge in [0.2, 0.25) is 10.0 Å². The molecule has 118 valence electrons. The van der Waals surface area contributed by atoms with Crippen molar-refractivity contribution in [1.82, 2.24) is 9.21 Å². The smallest absolute Gasteiger partial charge is 0.243 e. The number of anilines is 1. The fraction of sp³-hybridized carbons (Fsp3) is 0.571. The van der Waals surface area contributed by atoms with E-state index in [1.54, 1.807) is 17.3 Å². The molecular weight excluding hydrogens is 310 g/mol. The number of likely N-dealkylation sites (N-methyl/N-ethyl adjacent to an activating group) is 1. The predicted octanol–water partition coefficient (Wildman–Crippen LogP) is 1.95. The van der Waals surface area contributed by atoms with E-state index in [-0.39, 0.29) is 10.9 Å². The standard InChI is InChI=1S/C14H22ClN3O2S/c1-10-13(16)7-11(15)8-14(10)21(19,20)18-6-4-5-12(9-18)17(2)3/h7-8,12H,4-6,9,16H2,1-3H3. The minimum atomic E-state index is -3.56. The van der Waals surface area contributed by atoms with Crippen LogP contribution in [0.5, 0.6) is 0 Å². The molecule has 1 aliphatic rings. The summed E-state index contributed by atoms with van der Waals surface area (Å²) in [5.41, 5.74) is 6.81. The summed E-state index contributed by atoms with van der Waals surface area (Å²) in [7, 11) is 0.389. The number of rotatable bonds is 3. The molecule has 1 aromatic rings. The lowest BCUT2D eigenvalue weighted by atomic mass is 10.1. The Morgan fingerprint density at radius 3 is 2.67 bits per heavy atom. The Labute approximate surface area is 131 Å². The third kappa shape index (κ3) is 3.34. The highest BCUT2D eigenvalue weighted by Gasteiger charge is 2.32. The van der Waals surface area contributed by atoms with Gasteiger partial charge in [-0.3, -0.25) is 0 Å². The van der Waals surface area contributed by atoms with Gasteiger partial charge in [0.1, 0.15) is 0 Å². The van der Waals surface area contributed by atoms with Gasteiger partial charge in [-0.15, -0.1) is 0 Å². The summed E-state index contributed by atoms with van der Waals surface area (Å²) in [6.45, 7) is 2.76. The zero-order chi connectivity index (χ0) is 15.8. The van der Waals surface area contributed by atoms with Crippen LogP contribution in [-0.4, -0.2) is 50.8 Å². The summed E-state index contributed by atoms with van der Waals surface area (Å²) in [5.74, 6) is 0. The van der Waals surface area contributed by atoms with Crippen LogP contribution in [0, 0.1) is 6.92 Å². The van der Waals surface area contributed by atoms with Crippen LogP contribution in [0.25, 0.3) is 0 Å². The minimum Gasteiger partial charge on any atom is -0.398 e. The van der Waals surface area contributed by atoms with Crippen LogP contribution in [0.1, 0.15) is 18.4 Å². The third-order valence-corrected chi connectivity index (χ3v) is 6.28. The third-order valence-electron chi connectivity index (χ3n) is 4.07. The van der Waals surface area contributed by atoms with Crippen molar-refractivity contribution in [3.8, 4) is 0 Å². The van der Waals surface area contributed by atoms with Crippen molar-refractivity contribution < 1.29 is 8.42 Å². The Morgan fingerprint density at radius 2 is 2.05 bits per heavy atom. The van der Waals surface area contributed by atoms with Gasteiger partial charge in [-0.1, -0.05) is 11.6 Å². The topological polar surface area (TPSA) is 66.6 Å². The van der Waals surface area contributed by atoms with Crippen LogP contribution in [0.3, 0.4) is 0 Å². The molecule has 0 radical (unpaired) electrons. The number of piperidine rings is 1. The molecule has 2 N–H and O–H groups in total. The fourth-order valence-electron chi connectivity index (χ4n) is 2.64. The van der Waals surface area contributed by atoms with Gasteiger partial charge in [-0.25, -0.2) is 8.42 Å². The highest BCUT2D eigenvalue weighted by atomic mass is 35.5. The van der Waals surface area contributed by atoms with Crippen LogP contribution in [0.2, 0.25) is 5.02 Å². The summed E-state index contributed by atoms with van der Waals surface area (Å²) in [6, 6.07) is 3.31. The van der Waals surface area contributed by atoms with E-state index in [1.165, 1.54) is 6.07 Å². The van der Waals surface area contributed by atoms with Gasteiger partial charge in [-0.05, 0) is 51.6 Å². The average Bonchev–Trinajstić information content (AvgIpc) is 2.42. The van der Waals surface area contributed by atoms with Crippen LogP contribution in [0.15, 0.2) is 17.0 Å². The van der Waals surface area contributed by atoms with Crippen molar-refractivity contribution in [2.24, 2.45) is 0 Å². The van der Waals surface area contributed by atoms with Gasteiger partial charge in [0.15, 0.2) is 0 Å². The SMILES string of the molecule is Cc1c(N)cc(Cl)cc1S(=O)(=O)N1CCCC(N(C)C)C1. The lowest BCUT2D eigenvalue weighted by Gasteiger charge is -2.35. The van der Waals surface area contributed by atoms with E-state index in [0.717, 1.165) is 12.8 Å². The molecule has 1 atom stereocenters. The van der Waals surface area contributed by atoms with Crippen molar-refractivity contribution >= 4 is 27.3 Å². The van der Waals surface area contributed by atoms with Gasteiger partial charge in [0.25, 0.3) is 0 Å². The molecule has 1 fully saturated rings. The first-order valence-corrected chi connectivity index (χ1v) is 8.77. The van der Waals surface area contributed by atoms with E-state index in [4.69, 9.17) is 17.3 Å². The van der Waals surface area contributed by atoms with E-state index in [9.17, 15) is 8.42 Å². The predicted molar refractivity (Wildman–Crippen MR) is 86.1 cm³/mol. The van der Waals surface area contributed by atoms with Gasteiger partial charge in [-0.2, -0.15) is 4.31 Å². The second-order valence-corrected chi connectivity index (χ2v) is 8.08. The largest absolute Gasteiger partial charge is 0.398 e. The molecule has 0 aromatic heterocycles. The van der Waals surface area contributed by atoms with Gasteiger partial charge < -0.3 is 10.6 Å². The van der Waals surface area contributed by atoms with E-state index in [1.807, 2.05) is 14.1 Å². The van der Waals surface area contributed by atoms with E-state index >= 15 is 0 Å². The monoisotopic (exact) mass is 331 g/mol. The zero-order valence-electron chi connectivity index (χ0n) is 12.6. The number of hydrogen-bond acceptors (Lipinski definition) is 4. The molecule has 1 aromatic carbocycles. The Morgan fingerprint density at radius 1 is 1.38 bits per heavy atom. The molecule has 7 heteroatoms. The van der Waals surface area contributed by atoms with Crippen molar-refractivity contribution in [2.75, 3.05) is 32.9 Å². The lowest BCUT2D eigenvalue weighted by Crippen LogP contribution is -2.47. The first-order chi connectivity index (χ1) is 9.73. The Hall–Kier alpha value is -0.820. The number of nitrogens with two attached hydrogens (primary N) is 1. The second kappa shape index (κ2) is 6.12. The molecule has 5 nitrogen and oxygen atoms in total. The van der Waals surface area contributed by atoms with Crippen LogP contribution in [0.4, 0.5) is 5.69 Å². The normalized spacial score (nSPS) is 20.9. The Balaban J connectivity index is 2.38. The zero-order valence-corrected chi connectivity index (χ0v) is 14.2. The molecule has 0 aliphatic carbocycles. The molecule has 1 unspecified atom stereocenters. The minimum absolute atomic E-state index is 0.215. The van der Waals surface area contributed by atoms with Crippen LogP contribution >= 0.6 is 11.6 Å². The Bertz CT molecular complexity index is 631. The van der Waals surface area contributed by atoms with Crippen LogP contribution in [-0.2, 0) is 10.0 Å².